The molecule has 0 fully saturated rings. The maximum Gasteiger partial charge on any atom is 0.342 e. The van der Waals surface area contributed by atoms with Gasteiger partial charge < -0.3 is 9.84 Å². The molecule has 2 rings (SSSR count). The number of aryl methyl sites for hydroxylation is 1. The van der Waals surface area contributed by atoms with Crippen LogP contribution in [0.5, 0.6) is 5.75 Å². The van der Waals surface area contributed by atoms with E-state index in [-0.39, 0.29) is 16.9 Å². The molecule has 130 valence electrons. The number of rotatable bonds is 4. The number of benzene rings is 2. The number of hydrogen-bond acceptors (Lipinski definition) is 4. The molecule has 25 heavy (non-hydrogen) atoms. The summed E-state index contributed by atoms with van der Waals surface area (Å²) in [6, 6.07) is 13.5. The van der Waals surface area contributed by atoms with Gasteiger partial charge in [-0.3, -0.25) is 4.79 Å². The first-order chi connectivity index (χ1) is 11.7. The molecule has 0 saturated heterocycles. The van der Waals surface area contributed by atoms with E-state index in [0.29, 0.717) is 5.56 Å². The molecule has 0 bridgehead atoms. The van der Waals surface area contributed by atoms with Crippen molar-refractivity contribution in [3.05, 3.63) is 70.8 Å². The number of Topliss-reactive ketones (excluding diaryl/α,β-unsaturated/α-hetero) is 1. The predicted molar refractivity (Wildman–Crippen MR) is 97.4 cm³/mol. The summed E-state index contributed by atoms with van der Waals surface area (Å²) < 4.78 is 5.37. The monoisotopic (exact) mass is 338 g/mol. The number of phenolic OH excluding ortho intramolecular Hbond substituents is 1. The zero-order valence-corrected chi connectivity index (χ0v) is 14.9. The van der Waals surface area contributed by atoms with Gasteiger partial charge in [0.2, 0.25) is 5.78 Å². The Hall–Kier alpha value is -2.88. The lowest BCUT2D eigenvalue weighted by molar-refractivity contribution is -0.149. The minimum absolute atomic E-state index is 0.0618. The van der Waals surface area contributed by atoms with Crippen LogP contribution < -0.4 is 0 Å². The molecule has 4 nitrogen and oxygen atoms in total. The standard InChI is InChI=1S/C21H22O4/c1-14-9-11-15(12-10-14)13-17(20(24)25-21(2,3)4)19(23)16-7-5-6-8-18(16)22/h5-13,22H,1-4H3/b17-13+. The van der Waals surface area contributed by atoms with Gasteiger partial charge in [0.15, 0.2) is 0 Å². The topological polar surface area (TPSA) is 63.6 Å². The van der Waals surface area contributed by atoms with E-state index in [1.807, 2.05) is 31.2 Å². The maximum absolute atomic E-state index is 12.8. The van der Waals surface area contributed by atoms with E-state index in [4.69, 9.17) is 4.74 Å². The third-order valence-electron chi connectivity index (χ3n) is 3.40. The molecule has 0 aliphatic heterocycles. The molecule has 0 unspecified atom stereocenters. The molecule has 0 atom stereocenters. The Morgan fingerprint density at radius 2 is 1.60 bits per heavy atom. The third kappa shape index (κ3) is 5.05. The number of esters is 1. The van der Waals surface area contributed by atoms with Crippen LogP contribution in [0.25, 0.3) is 6.08 Å². The van der Waals surface area contributed by atoms with Gasteiger partial charge in [-0.2, -0.15) is 0 Å². The van der Waals surface area contributed by atoms with E-state index in [0.717, 1.165) is 5.56 Å². The molecular formula is C21H22O4. The first-order valence-electron chi connectivity index (χ1n) is 8.02. The predicted octanol–water partition coefficient (Wildman–Crippen LogP) is 4.31. The molecule has 0 aromatic heterocycles. The molecule has 0 aliphatic carbocycles. The van der Waals surface area contributed by atoms with Gasteiger partial charge in [0.05, 0.1) is 5.56 Å². The number of carbonyl (C=O) groups excluding carboxylic acids is 2. The molecule has 2 aromatic rings. The van der Waals surface area contributed by atoms with Crippen LogP contribution in [0.15, 0.2) is 54.1 Å². The van der Waals surface area contributed by atoms with E-state index in [1.54, 1.807) is 32.9 Å². The summed E-state index contributed by atoms with van der Waals surface area (Å²) in [7, 11) is 0. The zero-order chi connectivity index (χ0) is 18.6. The Bertz CT molecular complexity index is 809. The zero-order valence-electron chi connectivity index (χ0n) is 14.9. The van der Waals surface area contributed by atoms with Crippen LogP contribution in [0.4, 0.5) is 0 Å². The highest BCUT2D eigenvalue weighted by molar-refractivity contribution is 6.27. The second-order valence-electron chi connectivity index (χ2n) is 6.82. The molecule has 1 N–H and O–H groups in total. The van der Waals surface area contributed by atoms with E-state index in [2.05, 4.69) is 0 Å². The van der Waals surface area contributed by atoms with Gasteiger partial charge in [-0.25, -0.2) is 4.79 Å². The molecular weight excluding hydrogens is 316 g/mol. The van der Waals surface area contributed by atoms with Crippen molar-refractivity contribution in [1.82, 2.24) is 0 Å². The Morgan fingerprint density at radius 1 is 1.00 bits per heavy atom. The average molecular weight is 338 g/mol. The minimum atomic E-state index is -0.734. The van der Waals surface area contributed by atoms with Crippen molar-refractivity contribution in [2.75, 3.05) is 0 Å². The molecule has 2 aromatic carbocycles. The van der Waals surface area contributed by atoms with Crippen LogP contribution in [-0.2, 0) is 9.53 Å². The van der Waals surface area contributed by atoms with Crippen LogP contribution >= 0.6 is 0 Å². The normalized spacial score (nSPS) is 11.9. The smallest absolute Gasteiger partial charge is 0.342 e. The Morgan fingerprint density at radius 3 is 2.16 bits per heavy atom. The first-order valence-corrected chi connectivity index (χ1v) is 8.02. The van der Waals surface area contributed by atoms with E-state index in [1.165, 1.54) is 18.2 Å². The van der Waals surface area contributed by atoms with Gasteiger partial charge >= 0.3 is 5.97 Å². The number of ether oxygens (including phenoxy) is 1. The number of carbonyl (C=O) groups is 2. The van der Waals surface area contributed by atoms with Crippen LogP contribution in [0.3, 0.4) is 0 Å². The highest BCUT2D eigenvalue weighted by atomic mass is 16.6. The maximum atomic E-state index is 12.8. The van der Waals surface area contributed by atoms with Crippen LogP contribution in [0.2, 0.25) is 0 Å². The summed E-state index contributed by atoms with van der Waals surface area (Å²) in [6.45, 7) is 7.16. The fraction of sp³-hybridized carbons (Fsp3) is 0.238. The molecule has 0 aliphatic rings. The van der Waals surface area contributed by atoms with Gasteiger partial charge in [0, 0.05) is 0 Å². The summed E-state index contributed by atoms with van der Waals surface area (Å²) in [5.41, 5.74) is 0.980. The summed E-state index contributed by atoms with van der Waals surface area (Å²) in [5.74, 6) is -1.47. The quantitative estimate of drug-likeness (QED) is 0.297. The summed E-state index contributed by atoms with van der Waals surface area (Å²) >= 11 is 0. The summed E-state index contributed by atoms with van der Waals surface area (Å²) in [4.78, 5) is 25.4. The Labute approximate surface area is 147 Å². The van der Waals surface area contributed by atoms with Crippen molar-refractivity contribution in [3.8, 4) is 5.75 Å². The van der Waals surface area contributed by atoms with Crippen molar-refractivity contribution in [3.63, 3.8) is 0 Å². The number of ketones is 1. The third-order valence-corrected chi connectivity index (χ3v) is 3.40. The van der Waals surface area contributed by atoms with Crippen LogP contribution in [0, 0.1) is 6.92 Å². The summed E-state index contributed by atoms with van der Waals surface area (Å²) in [5, 5.41) is 9.95. The Kier molecular flexibility index (Phi) is 5.42. The number of phenols is 1. The fourth-order valence-electron chi connectivity index (χ4n) is 2.19. The lowest BCUT2D eigenvalue weighted by Gasteiger charge is -2.20. The first kappa shape index (κ1) is 18.5. The van der Waals surface area contributed by atoms with Gasteiger partial charge in [-0.05, 0) is 51.5 Å². The highest BCUT2D eigenvalue weighted by Crippen LogP contribution is 2.23. The van der Waals surface area contributed by atoms with Crippen molar-refractivity contribution in [2.24, 2.45) is 0 Å². The highest BCUT2D eigenvalue weighted by Gasteiger charge is 2.27. The molecule has 0 heterocycles. The Balaban J connectivity index is 2.48. The molecule has 0 saturated carbocycles. The molecule has 0 radical (unpaired) electrons. The lowest BCUT2D eigenvalue weighted by Crippen LogP contribution is -2.27. The van der Waals surface area contributed by atoms with Crippen molar-refractivity contribution in [2.45, 2.75) is 33.3 Å². The molecule has 0 spiro atoms. The molecule has 0 amide bonds. The lowest BCUT2D eigenvalue weighted by atomic mass is 9.99. The van der Waals surface area contributed by atoms with Gasteiger partial charge in [-0.1, -0.05) is 42.0 Å². The fourth-order valence-corrected chi connectivity index (χ4v) is 2.19. The van der Waals surface area contributed by atoms with Crippen molar-refractivity contribution in [1.29, 1.82) is 0 Å². The van der Waals surface area contributed by atoms with Gasteiger partial charge in [-0.15, -0.1) is 0 Å². The van der Waals surface area contributed by atoms with Gasteiger partial charge in [0.1, 0.15) is 16.9 Å². The van der Waals surface area contributed by atoms with Gasteiger partial charge in [0.25, 0.3) is 0 Å². The van der Waals surface area contributed by atoms with E-state index < -0.39 is 17.4 Å². The van der Waals surface area contributed by atoms with Crippen LogP contribution in [0.1, 0.15) is 42.3 Å². The van der Waals surface area contributed by atoms with Crippen LogP contribution in [-0.4, -0.2) is 22.5 Å². The second kappa shape index (κ2) is 7.34. The largest absolute Gasteiger partial charge is 0.507 e. The number of hydrogen-bond donors (Lipinski definition) is 1. The van der Waals surface area contributed by atoms with Crippen molar-refractivity contribution >= 4 is 17.8 Å². The number of aromatic hydroxyl groups is 1. The number of para-hydroxylation sites is 1. The summed E-state index contributed by atoms with van der Waals surface area (Å²) in [6.07, 6.45) is 1.49. The SMILES string of the molecule is Cc1ccc(/C=C(/C(=O)OC(C)(C)C)C(=O)c2ccccc2O)cc1. The minimum Gasteiger partial charge on any atom is -0.507 e. The van der Waals surface area contributed by atoms with E-state index >= 15 is 0 Å². The van der Waals surface area contributed by atoms with Crippen molar-refractivity contribution < 1.29 is 19.4 Å². The van der Waals surface area contributed by atoms with E-state index in [9.17, 15) is 14.7 Å². The second-order valence-corrected chi connectivity index (χ2v) is 6.82. The average Bonchev–Trinajstić information content (AvgIpc) is 2.52. The molecule has 4 heteroatoms.